The highest BCUT2D eigenvalue weighted by atomic mass is 35.5. The van der Waals surface area contributed by atoms with Crippen LogP contribution in [0.4, 0.5) is 35.4 Å². The Morgan fingerprint density at radius 1 is 0.500 bits per heavy atom. The predicted molar refractivity (Wildman–Crippen MR) is 458 cm³/mol. The van der Waals surface area contributed by atoms with Crippen molar-refractivity contribution in [2.24, 2.45) is 17.4 Å². The maximum atomic E-state index is 14.9. The monoisotopic (exact) mass is 1740 g/mol. The number of hydrogen-bond donors (Lipinski definition) is 8. The van der Waals surface area contributed by atoms with E-state index in [0.717, 1.165) is 133 Å². The van der Waals surface area contributed by atoms with E-state index < -0.39 is 49.2 Å². The summed E-state index contributed by atoms with van der Waals surface area (Å²) in [4.78, 5) is 76.9. The molecule has 4 aliphatic carbocycles. The number of H-pyrrole nitrogens is 1. The Morgan fingerprint density at radius 3 is 1.32 bits per heavy atom. The lowest BCUT2D eigenvalue weighted by molar-refractivity contribution is -0.156. The number of nitrogens with two attached hydrogens (primary N) is 2. The Kier molecular flexibility index (Phi) is 28.4. The van der Waals surface area contributed by atoms with Crippen molar-refractivity contribution in [3.05, 3.63) is 166 Å². The van der Waals surface area contributed by atoms with Crippen LogP contribution in [0.25, 0.3) is 67.3 Å². The molecule has 0 spiro atoms. The lowest BCUT2D eigenvalue weighted by atomic mass is 9.84. The zero-order chi connectivity index (χ0) is 86.1. The molecule has 0 unspecified atom stereocenters. The van der Waals surface area contributed by atoms with Crippen molar-refractivity contribution in [3.63, 3.8) is 0 Å². The molecule has 0 bridgehead atoms. The van der Waals surface area contributed by atoms with Crippen LogP contribution in [0.1, 0.15) is 169 Å². The molecule has 2 amide bonds. The Hall–Kier alpha value is -10.2. The fourth-order valence-electron chi connectivity index (χ4n) is 15.2. The second kappa shape index (κ2) is 38.3. The van der Waals surface area contributed by atoms with Crippen LogP contribution in [0.5, 0.6) is 0 Å². The number of nitrogens with zero attached hydrogens (tertiary/aromatic N) is 11. The minimum atomic E-state index is -4.03. The molecule has 9 heterocycles. The SMILES string of the molecule is CC(=O)N[C@@H]1CCC[C@H](Nc2nc(-c3c[nH]c4ncc(Cl)cc34)ncc2F)C1.CC(C)(C)OC(=O)C[C@@H]1CCC[C@H](N)C1.Cc1ccc(S(=O)(=O)n2cc(-c3ncc(F)c(N[C@H]4CCC[C@@H](N)C4)n3)c3cc(Cl)cnc32)cc1.Cc1ccc(S(=O)(=O)n2cc(-c3ncc(F)c(N[C@H]4CCC[C@@H](NC(=O)OC(C)(C)C)C4)n3)c3cc(Cl)cnc32)cc1. The standard InChI is InChI=1S/C29H32ClFN6O4S.C24H24ClFN6O2S.C19H20ClFN6O.C12H23NO2/c1-17-8-10-21(11-9-17)42(39,40)37-16-23(22-12-18(30)14-33-27(22)37)25-32-15-24(31)26(36-25)34-19-6-5-7-20(13-19)35-28(38)41-29(2,3)4;1-14-5-7-18(8-6-14)35(33,34)32-13-20(19-9-15(25)11-29-24(19)32)22-28-12-21(26)23(31-22)30-17-4-2-3-16(27)10-17;1-10(28)25-12-3-2-4-13(6-12)26-19-16(21)9-24-18(27-19)15-8-23-17-14(15)5-11(20)7-22-17;1-12(2,3)15-11(14)8-9-5-4-6-10(13)7-9/h8-12,14-16,19-20H,5-7,13H2,1-4H3,(H,35,38)(H,32,34,36);5-9,11-13,16-17H,2-4,10,27H2,1H3,(H,28,30,31);5,7-9,12-13H,2-4,6H2,1H3,(H,22,23)(H,25,28)(H,24,26,27);9-10H,4-8,13H2,1-3H3/t19-,20+;16-,17+;12-,13+;9-,10+/m0111/s1. The van der Waals surface area contributed by atoms with Crippen LogP contribution in [0.3, 0.4) is 0 Å². The second-order valence-electron chi connectivity index (χ2n) is 32.9. The molecule has 0 aliphatic heterocycles. The predicted octanol–water partition coefficient (Wildman–Crippen LogP) is 16.5. The molecule has 10 N–H and O–H groups in total. The number of hydrogen-bond acceptors (Lipinski definition) is 23. The van der Waals surface area contributed by atoms with Gasteiger partial charge < -0.3 is 52.5 Å². The summed E-state index contributed by atoms with van der Waals surface area (Å²) in [7, 11) is -8.01. The first-order valence-corrected chi connectivity index (χ1v) is 43.9. The lowest BCUT2D eigenvalue weighted by Crippen LogP contribution is -2.44. The van der Waals surface area contributed by atoms with Gasteiger partial charge in [-0.2, -0.15) is 0 Å². The third-order valence-corrected chi connectivity index (χ3v) is 24.6. The number of carbonyl (C=O) groups is 3. The third-order valence-electron chi connectivity index (χ3n) is 20.7. The van der Waals surface area contributed by atoms with Crippen LogP contribution < -0.4 is 38.1 Å². The topological polar surface area (TPSA) is 392 Å². The second-order valence-corrected chi connectivity index (χ2v) is 37.8. The number of benzene rings is 2. The molecule has 638 valence electrons. The van der Waals surface area contributed by atoms with Crippen molar-refractivity contribution < 1.29 is 53.9 Å². The van der Waals surface area contributed by atoms with E-state index >= 15 is 0 Å². The van der Waals surface area contributed by atoms with Gasteiger partial charge in [0, 0.05) is 126 Å². The van der Waals surface area contributed by atoms with Gasteiger partial charge in [0.05, 0.1) is 43.4 Å². The highest BCUT2D eigenvalue weighted by molar-refractivity contribution is 7.90. The van der Waals surface area contributed by atoms with Gasteiger partial charge >= 0.3 is 12.1 Å². The number of pyridine rings is 3. The molecule has 4 fully saturated rings. The van der Waals surface area contributed by atoms with E-state index in [0.29, 0.717) is 79.2 Å². The number of aromatic nitrogens is 12. The molecule has 11 aromatic rings. The summed E-state index contributed by atoms with van der Waals surface area (Å²) in [5, 5.41) is 18.0. The minimum absolute atomic E-state index is 0.00429. The van der Waals surface area contributed by atoms with Crippen LogP contribution in [-0.2, 0) is 39.1 Å². The van der Waals surface area contributed by atoms with Crippen LogP contribution in [0, 0.1) is 37.2 Å². The Morgan fingerprint density at radius 2 is 0.892 bits per heavy atom. The van der Waals surface area contributed by atoms with Gasteiger partial charge in [0.15, 0.2) is 63.7 Å². The van der Waals surface area contributed by atoms with Gasteiger partial charge in [-0.25, -0.2) is 87.6 Å². The highest BCUT2D eigenvalue weighted by Crippen LogP contribution is 2.38. The van der Waals surface area contributed by atoms with Crippen LogP contribution in [0.15, 0.2) is 132 Å². The maximum Gasteiger partial charge on any atom is 0.407 e. The quantitative estimate of drug-likeness (QED) is 0.0393. The third kappa shape index (κ3) is 23.1. The fourth-order valence-corrected chi connectivity index (χ4v) is 18.3. The smallest absolute Gasteiger partial charge is 0.407 e. The van der Waals surface area contributed by atoms with Crippen molar-refractivity contribution >= 4 is 123 Å². The van der Waals surface area contributed by atoms with E-state index in [2.05, 4.69) is 76.4 Å². The first-order valence-electron chi connectivity index (χ1n) is 39.9. The highest BCUT2D eigenvalue weighted by Gasteiger charge is 2.33. The number of nitrogens with one attached hydrogen (secondary N) is 6. The molecule has 120 heavy (non-hydrogen) atoms. The minimum Gasteiger partial charge on any atom is -0.460 e. The van der Waals surface area contributed by atoms with Crippen molar-refractivity contribution in [1.82, 2.24) is 68.4 Å². The number of rotatable bonds is 17. The van der Waals surface area contributed by atoms with Crippen LogP contribution in [-0.4, -0.2) is 146 Å². The van der Waals surface area contributed by atoms with Gasteiger partial charge in [-0.15, -0.1) is 0 Å². The van der Waals surface area contributed by atoms with E-state index in [1.165, 1.54) is 56.0 Å². The first-order chi connectivity index (χ1) is 56.9. The van der Waals surface area contributed by atoms with E-state index in [4.69, 9.17) is 55.7 Å². The van der Waals surface area contributed by atoms with Crippen molar-refractivity contribution in [2.75, 3.05) is 16.0 Å². The lowest BCUT2D eigenvalue weighted by Gasteiger charge is -2.31. The molecular weight excluding hydrogens is 1650 g/mol. The van der Waals surface area contributed by atoms with E-state index in [1.54, 1.807) is 75.6 Å². The normalized spacial score (nSPS) is 19.6. The molecule has 36 heteroatoms. The van der Waals surface area contributed by atoms with Crippen LogP contribution >= 0.6 is 34.8 Å². The number of fused-ring (bicyclic) bond motifs is 3. The molecule has 0 saturated heterocycles. The number of alkyl carbamates (subject to hydrolysis) is 1. The summed E-state index contributed by atoms with van der Waals surface area (Å²) in [6.07, 6.45) is 26.3. The zero-order valence-electron chi connectivity index (χ0n) is 68.0. The van der Waals surface area contributed by atoms with Crippen molar-refractivity contribution in [1.29, 1.82) is 0 Å². The number of esters is 1. The number of aryl methyl sites for hydroxylation is 2. The number of aromatic amines is 1. The largest absolute Gasteiger partial charge is 0.460 e. The van der Waals surface area contributed by atoms with E-state index in [1.807, 2.05) is 34.6 Å². The average Bonchev–Trinajstić information content (AvgIpc) is 1.60. The Balaban J connectivity index is 0.000000154. The van der Waals surface area contributed by atoms with Crippen molar-refractivity contribution in [3.8, 4) is 34.2 Å². The number of carbonyl (C=O) groups excluding carboxylic acids is 3. The number of halogens is 6. The zero-order valence-corrected chi connectivity index (χ0v) is 71.9. The van der Waals surface area contributed by atoms with Gasteiger partial charge in [-0.05, 0) is 200 Å². The molecule has 9 aromatic heterocycles. The molecule has 0 radical (unpaired) electrons. The van der Waals surface area contributed by atoms with Gasteiger partial charge in [-0.1, -0.05) is 76.6 Å². The number of amides is 2. The van der Waals surface area contributed by atoms with Gasteiger partial charge in [0.1, 0.15) is 16.8 Å². The molecule has 4 saturated carbocycles. The van der Waals surface area contributed by atoms with Crippen LogP contribution in [0.2, 0.25) is 15.1 Å². The average molecular weight is 1750 g/mol. The fraction of sp³-hybridized carbons (Fsp3) is 0.429. The molecule has 28 nitrogen and oxygen atoms in total. The first kappa shape index (κ1) is 89.1. The maximum absolute atomic E-state index is 14.9. The number of anilines is 3. The summed E-state index contributed by atoms with van der Waals surface area (Å²) in [6.45, 7) is 16.3. The van der Waals surface area contributed by atoms with Gasteiger partial charge in [0.25, 0.3) is 20.0 Å². The molecule has 2 aromatic carbocycles. The summed E-state index contributed by atoms with van der Waals surface area (Å²) >= 11 is 18.5. The molecular formula is C84H99Cl3F3N19O9S2. The molecule has 8 atom stereocenters. The molecule has 15 rings (SSSR count). The summed E-state index contributed by atoms with van der Waals surface area (Å²) in [6, 6.07) is 18.1. The Bertz CT molecular complexity index is 5760. The van der Waals surface area contributed by atoms with Crippen molar-refractivity contribution in [2.45, 2.75) is 235 Å². The van der Waals surface area contributed by atoms with E-state index in [-0.39, 0.29) is 110 Å². The van der Waals surface area contributed by atoms with Gasteiger partial charge in [-0.3, -0.25) is 9.59 Å². The summed E-state index contributed by atoms with van der Waals surface area (Å²) in [5.74, 6) is -0.651. The Labute approximate surface area is 709 Å². The number of ether oxygens (including phenoxy) is 2. The van der Waals surface area contributed by atoms with E-state index in [9.17, 15) is 44.4 Å². The summed E-state index contributed by atoms with van der Waals surface area (Å²) < 4.78 is 111. The van der Waals surface area contributed by atoms with Gasteiger partial charge in [0.2, 0.25) is 5.91 Å². The molecule has 4 aliphatic rings. The summed E-state index contributed by atoms with van der Waals surface area (Å²) in [5.41, 5.74) is 15.2.